The Kier molecular flexibility index (Phi) is 6.17. The SMILES string of the molecule is CCC(C)CC(C)NS(=O)(=O)c1cc(CN)ccc1C. The fraction of sp³-hybridized carbons (Fsp3) is 0.600. The lowest BCUT2D eigenvalue weighted by atomic mass is 10.0. The van der Waals surface area contributed by atoms with Crippen LogP contribution in [-0.2, 0) is 16.6 Å². The monoisotopic (exact) mass is 298 g/mol. The highest BCUT2D eigenvalue weighted by molar-refractivity contribution is 7.89. The molecule has 2 atom stereocenters. The molecule has 0 saturated carbocycles. The average molecular weight is 298 g/mol. The van der Waals surface area contributed by atoms with Gasteiger partial charge in [-0.1, -0.05) is 32.4 Å². The molecular formula is C15H26N2O2S. The topological polar surface area (TPSA) is 72.2 Å². The van der Waals surface area contributed by atoms with Gasteiger partial charge in [-0.3, -0.25) is 0 Å². The summed E-state index contributed by atoms with van der Waals surface area (Å²) in [6, 6.07) is 5.25. The Morgan fingerprint density at radius 3 is 2.50 bits per heavy atom. The fourth-order valence-electron chi connectivity index (χ4n) is 2.21. The zero-order valence-electron chi connectivity index (χ0n) is 12.8. The molecule has 5 heteroatoms. The maximum atomic E-state index is 12.4. The second-order valence-electron chi connectivity index (χ2n) is 5.58. The molecule has 0 radical (unpaired) electrons. The van der Waals surface area contributed by atoms with Gasteiger partial charge in [0.15, 0.2) is 0 Å². The number of rotatable bonds is 7. The van der Waals surface area contributed by atoms with Gasteiger partial charge in [0, 0.05) is 12.6 Å². The van der Waals surface area contributed by atoms with Crippen LogP contribution in [0.4, 0.5) is 0 Å². The van der Waals surface area contributed by atoms with Crippen molar-refractivity contribution in [2.24, 2.45) is 11.7 Å². The second-order valence-corrected chi connectivity index (χ2v) is 7.26. The molecule has 0 spiro atoms. The number of hydrogen-bond acceptors (Lipinski definition) is 3. The van der Waals surface area contributed by atoms with E-state index in [0.717, 1.165) is 24.0 Å². The Labute approximate surface area is 122 Å². The van der Waals surface area contributed by atoms with E-state index in [1.54, 1.807) is 19.1 Å². The first-order chi connectivity index (χ1) is 9.30. The number of sulfonamides is 1. The first-order valence-electron chi connectivity index (χ1n) is 7.12. The third kappa shape index (κ3) is 4.58. The van der Waals surface area contributed by atoms with Crippen molar-refractivity contribution in [3.63, 3.8) is 0 Å². The summed E-state index contributed by atoms with van der Waals surface area (Å²) in [6.45, 7) is 8.29. The zero-order chi connectivity index (χ0) is 15.3. The molecule has 0 saturated heterocycles. The summed E-state index contributed by atoms with van der Waals surface area (Å²) in [5, 5.41) is 0. The molecule has 0 aliphatic rings. The van der Waals surface area contributed by atoms with Crippen molar-refractivity contribution in [2.75, 3.05) is 0 Å². The summed E-state index contributed by atoms with van der Waals surface area (Å²) in [5.74, 6) is 0.504. The van der Waals surface area contributed by atoms with Crippen molar-refractivity contribution in [3.05, 3.63) is 29.3 Å². The van der Waals surface area contributed by atoms with Gasteiger partial charge in [-0.05, 0) is 43.4 Å². The van der Waals surface area contributed by atoms with Crippen LogP contribution in [-0.4, -0.2) is 14.5 Å². The minimum atomic E-state index is -3.48. The van der Waals surface area contributed by atoms with Crippen molar-refractivity contribution in [1.82, 2.24) is 4.72 Å². The quantitative estimate of drug-likeness (QED) is 0.812. The zero-order valence-corrected chi connectivity index (χ0v) is 13.6. The molecule has 2 unspecified atom stereocenters. The van der Waals surface area contributed by atoms with Crippen LogP contribution in [0.25, 0.3) is 0 Å². The molecule has 0 bridgehead atoms. The van der Waals surface area contributed by atoms with E-state index < -0.39 is 10.0 Å². The van der Waals surface area contributed by atoms with Crippen LogP contribution in [0.5, 0.6) is 0 Å². The van der Waals surface area contributed by atoms with Crippen molar-refractivity contribution in [3.8, 4) is 0 Å². The predicted octanol–water partition coefficient (Wildman–Crippen LogP) is 2.56. The number of nitrogens with two attached hydrogens (primary N) is 1. The lowest BCUT2D eigenvalue weighted by molar-refractivity contribution is 0.445. The number of hydrogen-bond donors (Lipinski definition) is 2. The fourth-order valence-corrected chi connectivity index (χ4v) is 3.76. The lowest BCUT2D eigenvalue weighted by Crippen LogP contribution is -2.34. The molecule has 0 fully saturated rings. The number of nitrogens with one attached hydrogen (secondary N) is 1. The Balaban J connectivity index is 2.93. The highest BCUT2D eigenvalue weighted by atomic mass is 32.2. The maximum Gasteiger partial charge on any atom is 0.241 e. The van der Waals surface area contributed by atoms with Crippen LogP contribution in [0.1, 0.15) is 44.7 Å². The van der Waals surface area contributed by atoms with Crippen molar-refractivity contribution < 1.29 is 8.42 Å². The van der Waals surface area contributed by atoms with Crippen molar-refractivity contribution in [2.45, 2.75) is 58.0 Å². The van der Waals surface area contributed by atoms with Gasteiger partial charge in [0.1, 0.15) is 0 Å². The Bertz CT molecular complexity index is 541. The van der Waals surface area contributed by atoms with E-state index in [2.05, 4.69) is 18.6 Å². The first kappa shape index (κ1) is 17.1. The molecule has 0 heterocycles. The van der Waals surface area contributed by atoms with Crippen molar-refractivity contribution >= 4 is 10.0 Å². The van der Waals surface area contributed by atoms with E-state index in [-0.39, 0.29) is 6.04 Å². The molecule has 3 N–H and O–H groups in total. The average Bonchev–Trinajstić information content (AvgIpc) is 2.38. The summed E-state index contributed by atoms with van der Waals surface area (Å²) in [6.07, 6.45) is 1.89. The largest absolute Gasteiger partial charge is 0.326 e. The van der Waals surface area contributed by atoms with Gasteiger partial charge < -0.3 is 5.73 Å². The van der Waals surface area contributed by atoms with Gasteiger partial charge in [0.25, 0.3) is 0 Å². The Hall–Kier alpha value is -0.910. The Morgan fingerprint density at radius 1 is 1.30 bits per heavy atom. The predicted molar refractivity (Wildman–Crippen MR) is 82.9 cm³/mol. The molecule has 0 aliphatic heterocycles. The summed E-state index contributed by atoms with van der Waals surface area (Å²) < 4.78 is 27.7. The molecule has 4 nitrogen and oxygen atoms in total. The van der Waals surface area contributed by atoms with Crippen LogP contribution in [0.15, 0.2) is 23.1 Å². The maximum absolute atomic E-state index is 12.4. The van der Waals surface area contributed by atoms with E-state index in [1.165, 1.54) is 0 Å². The third-order valence-electron chi connectivity index (χ3n) is 3.59. The minimum absolute atomic E-state index is 0.0733. The first-order valence-corrected chi connectivity index (χ1v) is 8.60. The van der Waals surface area contributed by atoms with Crippen LogP contribution in [0.2, 0.25) is 0 Å². The number of benzene rings is 1. The molecule has 114 valence electrons. The summed E-state index contributed by atoms with van der Waals surface area (Å²) in [4.78, 5) is 0.330. The lowest BCUT2D eigenvalue weighted by Gasteiger charge is -2.18. The molecule has 1 rings (SSSR count). The Morgan fingerprint density at radius 2 is 1.95 bits per heavy atom. The summed E-state index contributed by atoms with van der Waals surface area (Å²) in [7, 11) is -3.48. The molecule has 1 aromatic carbocycles. The van der Waals surface area contributed by atoms with Crippen LogP contribution in [0, 0.1) is 12.8 Å². The molecule has 1 aromatic rings. The summed E-state index contributed by atoms with van der Waals surface area (Å²) >= 11 is 0. The van der Waals surface area contributed by atoms with Crippen molar-refractivity contribution in [1.29, 1.82) is 0 Å². The van der Waals surface area contributed by atoms with E-state index in [9.17, 15) is 8.42 Å². The molecule has 0 aliphatic carbocycles. The molecule has 20 heavy (non-hydrogen) atoms. The van der Waals surface area contributed by atoms with Gasteiger partial charge in [0.05, 0.1) is 4.90 Å². The molecule has 0 aromatic heterocycles. The van der Waals surface area contributed by atoms with Gasteiger partial charge in [-0.15, -0.1) is 0 Å². The second kappa shape index (κ2) is 7.20. The van der Waals surface area contributed by atoms with Gasteiger partial charge >= 0.3 is 0 Å². The number of aryl methyl sites for hydroxylation is 1. The highest BCUT2D eigenvalue weighted by Crippen LogP contribution is 2.18. The molecule has 0 amide bonds. The van der Waals surface area contributed by atoms with Crippen LogP contribution < -0.4 is 10.5 Å². The van der Waals surface area contributed by atoms with E-state index in [4.69, 9.17) is 5.73 Å². The van der Waals surface area contributed by atoms with Gasteiger partial charge in [0.2, 0.25) is 10.0 Å². The highest BCUT2D eigenvalue weighted by Gasteiger charge is 2.20. The van der Waals surface area contributed by atoms with Crippen LogP contribution in [0.3, 0.4) is 0 Å². The van der Waals surface area contributed by atoms with E-state index in [1.807, 2.05) is 13.0 Å². The normalized spacial score (nSPS) is 15.1. The van der Waals surface area contributed by atoms with Crippen LogP contribution >= 0.6 is 0 Å². The minimum Gasteiger partial charge on any atom is -0.326 e. The van der Waals surface area contributed by atoms with E-state index in [0.29, 0.717) is 17.4 Å². The standard InChI is InChI=1S/C15H26N2O2S/c1-5-11(2)8-13(4)17-20(18,19)15-9-14(10-16)7-6-12(15)3/h6-7,9,11,13,17H,5,8,10,16H2,1-4H3. The van der Waals surface area contributed by atoms with Gasteiger partial charge in [-0.25, -0.2) is 13.1 Å². The smallest absolute Gasteiger partial charge is 0.241 e. The third-order valence-corrected chi connectivity index (χ3v) is 5.32. The van der Waals surface area contributed by atoms with Gasteiger partial charge in [-0.2, -0.15) is 0 Å². The van der Waals surface area contributed by atoms with E-state index >= 15 is 0 Å². The summed E-state index contributed by atoms with van der Waals surface area (Å²) in [5.41, 5.74) is 7.15. The molecular weight excluding hydrogens is 272 g/mol.